The first-order valence-corrected chi connectivity index (χ1v) is 12.0. The van der Waals surface area contributed by atoms with E-state index >= 15 is 0 Å². The monoisotopic (exact) mass is 482 g/mol. The number of nitrogens with zero attached hydrogens (tertiary/aromatic N) is 2. The second-order valence-electron chi connectivity index (χ2n) is 7.36. The molecule has 29 heavy (non-hydrogen) atoms. The number of nitrogens with one attached hydrogen (secondary N) is 1. The van der Waals surface area contributed by atoms with Crippen molar-refractivity contribution in [2.75, 3.05) is 18.8 Å². The Bertz CT molecular complexity index is 948. The Morgan fingerprint density at radius 3 is 2.55 bits per heavy atom. The van der Waals surface area contributed by atoms with Gasteiger partial charge in [-0.2, -0.15) is 4.72 Å². The van der Waals surface area contributed by atoms with Crippen molar-refractivity contribution in [2.45, 2.75) is 50.1 Å². The topological polar surface area (TPSA) is 97.4 Å². The van der Waals surface area contributed by atoms with E-state index in [9.17, 15) is 13.2 Å². The number of amides is 1. The third kappa shape index (κ3) is 5.21. The molecule has 1 atom stereocenters. The summed E-state index contributed by atoms with van der Waals surface area (Å²) in [6.45, 7) is 3.51. The van der Waals surface area contributed by atoms with E-state index in [2.05, 4.69) is 20.7 Å². The molecule has 9 heteroatoms. The zero-order valence-electron chi connectivity index (χ0n) is 16.5. The minimum atomic E-state index is -3.89. The van der Waals surface area contributed by atoms with Gasteiger partial charge in [0.1, 0.15) is 11.9 Å². The Kier molecular flexibility index (Phi) is 7.02. The van der Waals surface area contributed by atoms with Crippen molar-refractivity contribution < 1.29 is 13.2 Å². The van der Waals surface area contributed by atoms with Gasteiger partial charge in [-0.05, 0) is 72.3 Å². The molecule has 2 heterocycles. The third-order valence-electron chi connectivity index (χ3n) is 5.22. The number of sulfonamides is 1. The van der Waals surface area contributed by atoms with Crippen molar-refractivity contribution >= 4 is 37.7 Å². The van der Waals surface area contributed by atoms with Gasteiger partial charge in [-0.25, -0.2) is 8.42 Å². The number of halogens is 1. The van der Waals surface area contributed by atoms with Gasteiger partial charge in [-0.15, -0.1) is 0 Å². The van der Waals surface area contributed by atoms with Crippen LogP contribution in [-0.2, 0) is 21.4 Å². The lowest BCUT2D eigenvalue weighted by molar-refractivity contribution is -0.134. The van der Waals surface area contributed by atoms with Crippen molar-refractivity contribution in [2.24, 2.45) is 0 Å². The molecule has 1 fully saturated rings. The average molecular weight is 483 g/mol. The van der Waals surface area contributed by atoms with E-state index < -0.39 is 16.1 Å². The van der Waals surface area contributed by atoms with Crippen molar-refractivity contribution in [1.82, 2.24) is 14.2 Å². The van der Waals surface area contributed by atoms with Gasteiger partial charge >= 0.3 is 0 Å². The maximum atomic E-state index is 13.2. The molecular formula is C20H27BrN4O3S. The minimum Gasteiger partial charge on any atom is -0.385 e. The van der Waals surface area contributed by atoms with E-state index in [0.29, 0.717) is 41.9 Å². The molecule has 1 aromatic heterocycles. The van der Waals surface area contributed by atoms with Crippen LogP contribution in [0.5, 0.6) is 0 Å². The number of carbonyl (C=O) groups is 1. The first-order chi connectivity index (χ1) is 13.8. The summed E-state index contributed by atoms with van der Waals surface area (Å²) in [6.07, 6.45) is 5.12. The highest BCUT2D eigenvalue weighted by Gasteiger charge is 2.31. The smallest absolute Gasteiger partial charge is 0.242 e. The molecule has 0 bridgehead atoms. The van der Waals surface area contributed by atoms with Crippen LogP contribution >= 0.6 is 15.9 Å². The lowest BCUT2D eigenvalue weighted by atomic mass is 10.1. The molecule has 0 radical (unpaired) electrons. The maximum Gasteiger partial charge on any atom is 0.242 e. The summed E-state index contributed by atoms with van der Waals surface area (Å²) in [5.41, 5.74) is 6.54. The highest BCUT2D eigenvalue weighted by Crippen LogP contribution is 2.26. The number of hydrogen-bond donors (Lipinski definition) is 2. The quantitative estimate of drug-likeness (QED) is 0.633. The van der Waals surface area contributed by atoms with E-state index in [0.717, 1.165) is 19.3 Å². The number of hydrogen-bond acceptors (Lipinski definition) is 4. The van der Waals surface area contributed by atoms with E-state index in [1.165, 1.54) is 0 Å². The molecule has 3 N–H and O–H groups in total. The van der Waals surface area contributed by atoms with E-state index in [4.69, 9.17) is 5.73 Å². The standard InChI is InChI=1S/C20H27BrN4O3S/c1-15-7-5-8-16(21)19(15)29(27,28)23-17(10-14-24-13-6-9-18(24)22)20(26)25-11-3-2-4-12-25/h5-9,13,17,23H,2-4,10-12,14,22H2,1H3. The molecule has 0 saturated carbocycles. The number of nitrogen functional groups attached to an aromatic ring is 1. The Morgan fingerprint density at radius 2 is 1.93 bits per heavy atom. The van der Waals surface area contributed by atoms with Crippen LogP contribution in [0.2, 0.25) is 0 Å². The Morgan fingerprint density at radius 1 is 1.21 bits per heavy atom. The van der Waals surface area contributed by atoms with Gasteiger partial charge in [0.05, 0.1) is 4.90 Å². The number of anilines is 1. The van der Waals surface area contributed by atoms with Crippen LogP contribution in [0.4, 0.5) is 5.82 Å². The molecule has 1 unspecified atom stereocenters. The second kappa shape index (κ2) is 9.32. The van der Waals surface area contributed by atoms with Crippen LogP contribution in [0, 0.1) is 6.92 Å². The summed E-state index contributed by atoms with van der Waals surface area (Å²) in [6, 6.07) is 7.95. The number of rotatable bonds is 7. The van der Waals surface area contributed by atoms with Gasteiger partial charge in [0.2, 0.25) is 15.9 Å². The molecule has 1 aliphatic rings. The zero-order valence-corrected chi connectivity index (χ0v) is 18.9. The summed E-state index contributed by atoms with van der Waals surface area (Å²) in [5, 5.41) is 0. The van der Waals surface area contributed by atoms with Gasteiger partial charge in [0, 0.05) is 30.3 Å². The fraction of sp³-hybridized carbons (Fsp3) is 0.450. The number of aromatic nitrogens is 1. The van der Waals surface area contributed by atoms with Crippen LogP contribution in [0.15, 0.2) is 45.9 Å². The van der Waals surface area contributed by atoms with Gasteiger partial charge in [0.25, 0.3) is 0 Å². The van der Waals surface area contributed by atoms with E-state index in [1.807, 2.05) is 16.8 Å². The van der Waals surface area contributed by atoms with Gasteiger partial charge in [-0.3, -0.25) is 4.79 Å². The summed E-state index contributed by atoms with van der Waals surface area (Å²) in [5.74, 6) is 0.405. The average Bonchev–Trinajstić information content (AvgIpc) is 3.09. The number of nitrogens with two attached hydrogens (primary N) is 1. The molecule has 158 valence electrons. The second-order valence-corrected chi connectivity index (χ2v) is 9.87. The molecule has 0 aliphatic carbocycles. The van der Waals surface area contributed by atoms with Crippen molar-refractivity contribution in [1.29, 1.82) is 0 Å². The molecule has 1 amide bonds. The summed E-state index contributed by atoms with van der Waals surface area (Å²) >= 11 is 3.33. The van der Waals surface area contributed by atoms with Crippen LogP contribution < -0.4 is 10.5 Å². The number of aryl methyl sites for hydroxylation is 2. The lowest BCUT2D eigenvalue weighted by Gasteiger charge is -2.31. The highest BCUT2D eigenvalue weighted by molar-refractivity contribution is 9.10. The number of benzene rings is 1. The van der Waals surface area contributed by atoms with Gasteiger partial charge in [0.15, 0.2) is 0 Å². The largest absolute Gasteiger partial charge is 0.385 e. The molecule has 3 rings (SSSR count). The zero-order chi connectivity index (χ0) is 21.0. The maximum absolute atomic E-state index is 13.2. The Hall–Kier alpha value is -1.84. The molecule has 0 spiro atoms. The Balaban J connectivity index is 1.85. The predicted octanol–water partition coefficient (Wildman–Crippen LogP) is 2.89. The van der Waals surface area contributed by atoms with Gasteiger partial charge < -0.3 is 15.2 Å². The van der Waals surface area contributed by atoms with Crippen molar-refractivity contribution in [3.8, 4) is 0 Å². The Labute approximate surface area is 180 Å². The first-order valence-electron chi connectivity index (χ1n) is 9.76. The first kappa shape index (κ1) is 21.9. The molecule has 2 aromatic rings. The molecule has 7 nitrogen and oxygen atoms in total. The predicted molar refractivity (Wildman–Crippen MR) is 117 cm³/mol. The van der Waals surface area contributed by atoms with E-state index in [1.54, 1.807) is 36.1 Å². The number of piperidine rings is 1. The summed E-state index contributed by atoms with van der Waals surface area (Å²) < 4.78 is 31.3. The normalized spacial score (nSPS) is 16.0. The van der Waals surface area contributed by atoms with Gasteiger partial charge in [-0.1, -0.05) is 12.1 Å². The highest BCUT2D eigenvalue weighted by atomic mass is 79.9. The number of likely N-dealkylation sites (tertiary alicyclic amines) is 1. The van der Waals surface area contributed by atoms with E-state index in [-0.39, 0.29) is 10.8 Å². The van der Waals surface area contributed by atoms with Crippen LogP contribution in [0.25, 0.3) is 0 Å². The SMILES string of the molecule is Cc1cccc(Br)c1S(=O)(=O)NC(CCn1cccc1N)C(=O)N1CCCCC1. The fourth-order valence-electron chi connectivity index (χ4n) is 3.67. The number of carbonyl (C=O) groups excluding carboxylic acids is 1. The summed E-state index contributed by atoms with van der Waals surface area (Å²) in [4.78, 5) is 15.1. The molecule has 1 aliphatic heterocycles. The third-order valence-corrected chi connectivity index (χ3v) is 7.82. The molecule has 1 saturated heterocycles. The molecule has 1 aromatic carbocycles. The molecular weight excluding hydrogens is 456 g/mol. The van der Waals surface area contributed by atoms with Crippen LogP contribution in [0.3, 0.4) is 0 Å². The van der Waals surface area contributed by atoms with Crippen molar-refractivity contribution in [3.05, 3.63) is 46.6 Å². The minimum absolute atomic E-state index is 0.164. The fourth-order valence-corrected chi connectivity index (χ4v) is 6.30. The summed E-state index contributed by atoms with van der Waals surface area (Å²) in [7, 11) is -3.89. The van der Waals surface area contributed by atoms with Crippen molar-refractivity contribution in [3.63, 3.8) is 0 Å². The lowest BCUT2D eigenvalue weighted by Crippen LogP contribution is -2.50. The van der Waals surface area contributed by atoms with Crippen LogP contribution in [-0.4, -0.2) is 42.9 Å². The van der Waals surface area contributed by atoms with Crippen LogP contribution in [0.1, 0.15) is 31.2 Å².